The second-order valence-corrected chi connectivity index (χ2v) is 9.31. The number of nitrogens with one attached hydrogen (secondary N) is 1. The topological polar surface area (TPSA) is 21.3 Å². The van der Waals surface area contributed by atoms with Crippen LogP contribution in [0.5, 0.6) is 5.75 Å². The molecule has 0 spiro atoms. The van der Waals surface area contributed by atoms with Gasteiger partial charge in [0.05, 0.1) is 12.6 Å². The smallest absolute Gasteiger partial charge is 0.119 e. The molecular formula is C28H29NOS. The van der Waals surface area contributed by atoms with Gasteiger partial charge in [-0.25, -0.2) is 0 Å². The van der Waals surface area contributed by atoms with Gasteiger partial charge in [-0.15, -0.1) is 11.8 Å². The molecule has 3 unspecified atom stereocenters. The lowest BCUT2D eigenvalue weighted by atomic mass is 9.77. The van der Waals surface area contributed by atoms with Crippen molar-refractivity contribution in [1.29, 1.82) is 0 Å². The molecule has 0 saturated heterocycles. The van der Waals surface area contributed by atoms with Crippen molar-refractivity contribution in [2.24, 2.45) is 5.92 Å². The van der Waals surface area contributed by atoms with E-state index in [2.05, 4.69) is 96.5 Å². The molecule has 1 aliphatic carbocycles. The van der Waals surface area contributed by atoms with Gasteiger partial charge in [-0.3, -0.25) is 0 Å². The van der Waals surface area contributed by atoms with Gasteiger partial charge in [-0.05, 0) is 78.5 Å². The number of hydrogen-bond acceptors (Lipinski definition) is 3. The summed E-state index contributed by atoms with van der Waals surface area (Å²) >= 11 is 1.79. The molecule has 0 radical (unpaired) electrons. The van der Waals surface area contributed by atoms with Gasteiger partial charge in [0.2, 0.25) is 0 Å². The number of rotatable bonds is 7. The fourth-order valence-electron chi connectivity index (χ4n) is 4.91. The van der Waals surface area contributed by atoms with Crippen molar-refractivity contribution in [2.45, 2.75) is 36.1 Å². The van der Waals surface area contributed by atoms with E-state index in [-0.39, 0.29) is 0 Å². The minimum absolute atomic E-state index is 0.348. The first-order chi connectivity index (χ1) is 15.3. The third kappa shape index (κ3) is 4.38. The van der Waals surface area contributed by atoms with Crippen molar-refractivity contribution in [2.75, 3.05) is 18.2 Å². The van der Waals surface area contributed by atoms with Crippen LogP contribution in [0, 0.1) is 5.92 Å². The predicted molar refractivity (Wildman–Crippen MR) is 131 cm³/mol. The fourth-order valence-corrected chi connectivity index (χ4v) is 5.32. The monoisotopic (exact) mass is 427 g/mol. The van der Waals surface area contributed by atoms with E-state index in [1.165, 1.54) is 27.3 Å². The molecule has 2 nitrogen and oxygen atoms in total. The van der Waals surface area contributed by atoms with Gasteiger partial charge in [0.1, 0.15) is 5.75 Å². The molecule has 0 saturated carbocycles. The molecule has 0 amide bonds. The molecule has 0 bridgehead atoms. The van der Waals surface area contributed by atoms with E-state index < -0.39 is 0 Å². The van der Waals surface area contributed by atoms with Crippen LogP contribution in [-0.4, -0.2) is 12.9 Å². The van der Waals surface area contributed by atoms with Gasteiger partial charge in [0.25, 0.3) is 0 Å². The Morgan fingerprint density at radius 2 is 1.84 bits per heavy atom. The Balaban J connectivity index is 1.28. The zero-order valence-corrected chi connectivity index (χ0v) is 18.8. The maximum absolute atomic E-state index is 6.13. The average Bonchev–Trinajstić information content (AvgIpc) is 3.32. The van der Waals surface area contributed by atoms with Gasteiger partial charge in [-0.1, -0.05) is 54.6 Å². The zero-order valence-electron chi connectivity index (χ0n) is 18.0. The third-order valence-electron chi connectivity index (χ3n) is 6.53. The van der Waals surface area contributed by atoms with Crippen LogP contribution in [0.3, 0.4) is 0 Å². The molecule has 2 aliphatic rings. The van der Waals surface area contributed by atoms with Crippen LogP contribution in [0.1, 0.15) is 41.5 Å². The molecule has 1 aliphatic heterocycles. The Morgan fingerprint density at radius 1 is 1.00 bits per heavy atom. The van der Waals surface area contributed by atoms with E-state index in [9.17, 15) is 0 Å². The summed E-state index contributed by atoms with van der Waals surface area (Å²) in [5.41, 5.74) is 5.36. The van der Waals surface area contributed by atoms with Crippen molar-refractivity contribution in [1.82, 2.24) is 0 Å². The Kier molecular flexibility index (Phi) is 6.04. The quantitative estimate of drug-likeness (QED) is 0.244. The Labute approximate surface area is 189 Å². The van der Waals surface area contributed by atoms with Crippen molar-refractivity contribution >= 4 is 17.4 Å². The molecular weight excluding hydrogens is 398 g/mol. The largest absolute Gasteiger partial charge is 0.494 e. The second-order valence-electron chi connectivity index (χ2n) is 8.44. The molecule has 158 valence electrons. The number of aryl methyl sites for hydroxylation is 1. The van der Waals surface area contributed by atoms with Crippen LogP contribution in [0.2, 0.25) is 0 Å². The molecule has 5 rings (SSSR count). The van der Waals surface area contributed by atoms with Crippen molar-refractivity contribution in [3.63, 3.8) is 0 Å². The van der Waals surface area contributed by atoms with Crippen molar-refractivity contribution in [3.8, 4) is 5.75 Å². The van der Waals surface area contributed by atoms with Gasteiger partial charge in [-0.2, -0.15) is 0 Å². The molecule has 1 N–H and O–H groups in total. The minimum atomic E-state index is 0.348. The molecule has 3 atom stereocenters. The van der Waals surface area contributed by atoms with Gasteiger partial charge < -0.3 is 10.1 Å². The van der Waals surface area contributed by atoms with E-state index in [1.54, 1.807) is 11.8 Å². The molecule has 0 fully saturated rings. The van der Waals surface area contributed by atoms with Crippen LogP contribution in [-0.2, 0) is 6.42 Å². The highest BCUT2D eigenvalue weighted by molar-refractivity contribution is 7.98. The molecule has 31 heavy (non-hydrogen) atoms. The van der Waals surface area contributed by atoms with Gasteiger partial charge in [0.15, 0.2) is 0 Å². The predicted octanol–water partition coefficient (Wildman–Crippen LogP) is 7.25. The Hall–Kier alpha value is -2.65. The van der Waals surface area contributed by atoms with Crippen molar-refractivity contribution in [3.05, 3.63) is 102 Å². The van der Waals surface area contributed by atoms with Crippen molar-refractivity contribution < 1.29 is 4.74 Å². The molecule has 0 aromatic heterocycles. The summed E-state index contributed by atoms with van der Waals surface area (Å²) in [6, 6.07) is 26.6. The molecule has 3 aromatic carbocycles. The van der Waals surface area contributed by atoms with E-state index in [1.807, 2.05) is 0 Å². The molecule has 1 heterocycles. The van der Waals surface area contributed by atoms with Gasteiger partial charge >= 0.3 is 0 Å². The number of fused-ring (bicyclic) bond motifs is 3. The number of anilines is 1. The van der Waals surface area contributed by atoms with E-state index in [0.717, 1.165) is 31.6 Å². The number of hydrogen-bond donors (Lipinski definition) is 1. The first-order valence-corrected chi connectivity index (χ1v) is 12.4. The summed E-state index contributed by atoms with van der Waals surface area (Å²) < 4.78 is 6.13. The Morgan fingerprint density at radius 3 is 2.65 bits per heavy atom. The standard InChI is InChI=1S/C28H29NOS/c1-31-23-15-12-21(13-16-23)28-25-11-5-10-24(25)26-19-22(14-17-27(26)29-28)30-18-6-9-20-7-3-2-4-8-20/h2-5,7-8,10,12-17,19,24-25,28-29H,6,9,11,18H2,1H3. The number of ether oxygens (including phenoxy) is 1. The first-order valence-electron chi connectivity index (χ1n) is 11.2. The number of benzene rings is 3. The van der Waals surface area contributed by atoms with Crippen LogP contribution < -0.4 is 10.1 Å². The van der Waals surface area contributed by atoms with E-state index in [0.29, 0.717) is 17.9 Å². The van der Waals surface area contributed by atoms with Crippen LogP contribution in [0.25, 0.3) is 0 Å². The lowest BCUT2D eigenvalue weighted by Crippen LogP contribution is -2.29. The second kappa shape index (κ2) is 9.23. The summed E-state index contributed by atoms with van der Waals surface area (Å²) in [4.78, 5) is 1.31. The highest BCUT2D eigenvalue weighted by atomic mass is 32.2. The van der Waals surface area contributed by atoms with Gasteiger partial charge in [0, 0.05) is 16.5 Å². The summed E-state index contributed by atoms with van der Waals surface area (Å²) in [6.45, 7) is 0.745. The average molecular weight is 428 g/mol. The summed E-state index contributed by atoms with van der Waals surface area (Å²) in [5.74, 6) is 1.99. The van der Waals surface area contributed by atoms with E-state index in [4.69, 9.17) is 4.74 Å². The highest BCUT2D eigenvalue weighted by Crippen LogP contribution is 2.50. The fraction of sp³-hybridized carbons (Fsp3) is 0.286. The molecule has 3 aromatic rings. The van der Waals surface area contributed by atoms with Crippen LogP contribution >= 0.6 is 11.8 Å². The third-order valence-corrected chi connectivity index (χ3v) is 7.27. The minimum Gasteiger partial charge on any atom is -0.494 e. The summed E-state index contributed by atoms with van der Waals surface area (Å²) in [6.07, 6.45) is 10.1. The normalized spacial score (nSPS) is 21.3. The lowest BCUT2D eigenvalue weighted by Gasteiger charge is -2.37. The van der Waals surface area contributed by atoms with Crippen LogP contribution in [0.4, 0.5) is 5.69 Å². The Bertz CT molecular complexity index is 1040. The highest BCUT2D eigenvalue weighted by Gasteiger charge is 2.38. The number of thioether (sulfide) groups is 1. The SMILES string of the molecule is CSc1ccc(C2Nc3ccc(OCCCc4ccccc4)cc3C3C=CCC32)cc1. The van der Waals surface area contributed by atoms with E-state index >= 15 is 0 Å². The lowest BCUT2D eigenvalue weighted by molar-refractivity contribution is 0.310. The zero-order chi connectivity index (χ0) is 21.0. The maximum Gasteiger partial charge on any atom is 0.119 e. The van der Waals surface area contributed by atoms with Crippen LogP contribution in [0.15, 0.2) is 89.8 Å². The summed E-state index contributed by atoms with van der Waals surface area (Å²) in [5, 5.41) is 3.84. The number of allylic oxidation sites excluding steroid dienone is 2. The summed E-state index contributed by atoms with van der Waals surface area (Å²) in [7, 11) is 0. The first kappa shape index (κ1) is 20.3. The molecule has 3 heteroatoms. The maximum atomic E-state index is 6.13.